The van der Waals surface area contributed by atoms with Crippen LogP contribution in [0.1, 0.15) is 5.56 Å². The monoisotopic (exact) mass is 405 g/mol. The van der Waals surface area contributed by atoms with Crippen molar-refractivity contribution in [3.05, 3.63) is 57.0 Å². The van der Waals surface area contributed by atoms with E-state index < -0.39 is 10.0 Å². The summed E-state index contributed by atoms with van der Waals surface area (Å²) in [6.45, 7) is 1.76. The molecule has 8 heteroatoms. The van der Waals surface area contributed by atoms with Gasteiger partial charge in [0.1, 0.15) is 4.21 Å². The molecule has 3 rings (SSSR count). The lowest BCUT2D eigenvalue weighted by Gasteiger charge is -2.09. The SMILES string of the molecule is Cc1c(S(=O)(=O)Nc2ccc(Cl)cc2Cl)sc2ccc(Cl)cc12. The summed E-state index contributed by atoms with van der Waals surface area (Å²) in [6, 6.07) is 9.89. The maximum atomic E-state index is 12.7. The second-order valence-electron chi connectivity index (χ2n) is 4.88. The van der Waals surface area contributed by atoms with Gasteiger partial charge in [0, 0.05) is 14.7 Å². The second kappa shape index (κ2) is 6.15. The van der Waals surface area contributed by atoms with E-state index in [2.05, 4.69) is 4.72 Å². The van der Waals surface area contributed by atoms with E-state index in [1.807, 2.05) is 6.07 Å². The van der Waals surface area contributed by atoms with E-state index in [0.29, 0.717) is 15.6 Å². The summed E-state index contributed by atoms with van der Waals surface area (Å²) in [5, 5.41) is 2.06. The van der Waals surface area contributed by atoms with Gasteiger partial charge in [-0.2, -0.15) is 0 Å². The van der Waals surface area contributed by atoms with Gasteiger partial charge in [-0.15, -0.1) is 11.3 Å². The molecule has 3 nitrogen and oxygen atoms in total. The Labute approximate surface area is 152 Å². The molecule has 0 fully saturated rings. The van der Waals surface area contributed by atoms with Crippen molar-refractivity contribution in [2.24, 2.45) is 0 Å². The summed E-state index contributed by atoms with van der Waals surface area (Å²) >= 11 is 19.0. The van der Waals surface area contributed by atoms with E-state index in [4.69, 9.17) is 34.8 Å². The zero-order valence-electron chi connectivity index (χ0n) is 11.7. The van der Waals surface area contributed by atoms with E-state index in [1.165, 1.54) is 23.5 Å². The molecule has 0 saturated heterocycles. The topological polar surface area (TPSA) is 46.2 Å². The highest BCUT2D eigenvalue weighted by Gasteiger charge is 2.22. The van der Waals surface area contributed by atoms with Crippen molar-refractivity contribution in [2.75, 3.05) is 4.72 Å². The molecule has 0 amide bonds. The normalized spacial score (nSPS) is 11.8. The summed E-state index contributed by atoms with van der Waals surface area (Å²) < 4.78 is 29.0. The van der Waals surface area contributed by atoms with Crippen molar-refractivity contribution in [2.45, 2.75) is 11.1 Å². The zero-order valence-corrected chi connectivity index (χ0v) is 15.6. The molecule has 0 bridgehead atoms. The summed E-state index contributed by atoms with van der Waals surface area (Å²) in [6.07, 6.45) is 0. The van der Waals surface area contributed by atoms with Crippen molar-refractivity contribution in [3.63, 3.8) is 0 Å². The van der Waals surface area contributed by atoms with Gasteiger partial charge in [-0.05, 0) is 54.3 Å². The first-order valence-electron chi connectivity index (χ1n) is 6.44. The van der Waals surface area contributed by atoms with Gasteiger partial charge in [-0.25, -0.2) is 8.42 Å². The molecule has 0 radical (unpaired) electrons. The van der Waals surface area contributed by atoms with Crippen LogP contribution in [0.15, 0.2) is 40.6 Å². The van der Waals surface area contributed by atoms with Gasteiger partial charge in [0.15, 0.2) is 0 Å². The molecule has 1 heterocycles. The largest absolute Gasteiger partial charge is 0.277 e. The average Bonchev–Trinajstić information content (AvgIpc) is 2.80. The van der Waals surface area contributed by atoms with E-state index in [9.17, 15) is 8.42 Å². The van der Waals surface area contributed by atoms with Crippen LogP contribution in [0.25, 0.3) is 10.1 Å². The number of hydrogen-bond donors (Lipinski definition) is 1. The number of rotatable bonds is 3. The molecule has 0 unspecified atom stereocenters. The quantitative estimate of drug-likeness (QED) is 0.582. The Morgan fingerprint density at radius 3 is 2.35 bits per heavy atom. The van der Waals surface area contributed by atoms with Crippen molar-refractivity contribution in [1.82, 2.24) is 0 Å². The first-order valence-corrected chi connectivity index (χ1v) is 9.88. The summed E-state index contributed by atoms with van der Waals surface area (Å²) in [5.41, 5.74) is 0.941. The number of thiophene rings is 1. The van der Waals surface area contributed by atoms with Gasteiger partial charge in [-0.1, -0.05) is 34.8 Å². The minimum atomic E-state index is -3.76. The fraction of sp³-hybridized carbons (Fsp3) is 0.0667. The fourth-order valence-electron chi connectivity index (χ4n) is 2.19. The van der Waals surface area contributed by atoms with Crippen LogP contribution in [0.4, 0.5) is 5.69 Å². The van der Waals surface area contributed by atoms with Crippen LogP contribution in [0.5, 0.6) is 0 Å². The summed E-state index contributed by atoms with van der Waals surface area (Å²) in [5.74, 6) is 0. The number of halogens is 3. The molecule has 120 valence electrons. The molecule has 0 aliphatic carbocycles. The first kappa shape index (κ1) is 16.9. The molecule has 0 aliphatic rings. The highest BCUT2D eigenvalue weighted by atomic mass is 35.5. The molecule has 23 heavy (non-hydrogen) atoms. The first-order chi connectivity index (χ1) is 10.8. The van der Waals surface area contributed by atoms with Gasteiger partial charge < -0.3 is 0 Å². The smallest absolute Gasteiger partial charge is 0.271 e. The molecule has 0 spiro atoms. The molecule has 1 N–H and O–H groups in total. The fourth-order valence-corrected chi connectivity index (χ4v) is 5.70. The lowest BCUT2D eigenvalue weighted by molar-refractivity contribution is 0.603. The minimum Gasteiger partial charge on any atom is -0.277 e. The van der Waals surface area contributed by atoms with E-state index in [0.717, 1.165) is 10.1 Å². The third-order valence-corrected chi connectivity index (χ3v) is 7.32. The molecule has 2 aromatic carbocycles. The van der Waals surface area contributed by atoms with Crippen molar-refractivity contribution >= 4 is 71.9 Å². The predicted octanol–water partition coefficient (Wildman–Crippen LogP) is 5.97. The molecule has 3 aromatic rings. The summed E-state index contributed by atoms with van der Waals surface area (Å²) in [4.78, 5) is 0. The number of hydrogen-bond acceptors (Lipinski definition) is 3. The second-order valence-corrected chi connectivity index (χ2v) is 9.09. The Balaban J connectivity index is 2.07. The van der Waals surface area contributed by atoms with Gasteiger partial charge in [0.25, 0.3) is 10.0 Å². The van der Waals surface area contributed by atoms with Crippen LogP contribution in [0, 0.1) is 6.92 Å². The molecule has 0 saturated carbocycles. The van der Waals surface area contributed by atoms with Crippen molar-refractivity contribution < 1.29 is 8.42 Å². The van der Waals surface area contributed by atoms with Gasteiger partial charge in [0.05, 0.1) is 10.7 Å². The number of benzene rings is 2. The van der Waals surface area contributed by atoms with Crippen LogP contribution in [-0.4, -0.2) is 8.42 Å². The third kappa shape index (κ3) is 3.30. The highest BCUT2D eigenvalue weighted by Crippen LogP contribution is 2.37. The maximum absolute atomic E-state index is 12.7. The Kier molecular flexibility index (Phi) is 4.51. The molecular weight excluding hydrogens is 397 g/mol. The zero-order chi connectivity index (χ0) is 16.8. The van der Waals surface area contributed by atoms with E-state index in [1.54, 1.807) is 25.1 Å². The van der Waals surface area contributed by atoms with Crippen LogP contribution in [-0.2, 0) is 10.0 Å². The number of nitrogens with one attached hydrogen (secondary N) is 1. The Hall–Kier alpha value is -0.980. The Bertz CT molecular complexity index is 1010. The standard InChI is InChI=1S/C15H10Cl3NO2S2/c1-8-11-6-9(16)3-5-14(11)22-15(8)23(20,21)19-13-4-2-10(17)7-12(13)18/h2-7,19H,1H3. The number of aryl methyl sites for hydroxylation is 1. The van der Waals surface area contributed by atoms with Crippen LogP contribution in [0.3, 0.4) is 0 Å². The van der Waals surface area contributed by atoms with Crippen LogP contribution >= 0.6 is 46.1 Å². The molecule has 0 aliphatic heterocycles. The minimum absolute atomic E-state index is 0.237. The lowest BCUT2D eigenvalue weighted by atomic mass is 10.2. The van der Waals surface area contributed by atoms with Crippen LogP contribution < -0.4 is 4.72 Å². The molecule has 0 atom stereocenters. The highest BCUT2D eigenvalue weighted by molar-refractivity contribution is 7.95. The van der Waals surface area contributed by atoms with Gasteiger partial charge >= 0.3 is 0 Å². The number of fused-ring (bicyclic) bond motifs is 1. The van der Waals surface area contributed by atoms with E-state index in [-0.39, 0.29) is 14.9 Å². The van der Waals surface area contributed by atoms with Crippen LogP contribution in [0.2, 0.25) is 15.1 Å². The number of sulfonamides is 1. The maximum Gasteiger partial charge on any atom is 0.271 e. The van der Waals surface area contributed by atoms with Crippen molar-refractivity contribution in [1.29, 1.82) is 0 Å². The van der Waals surface area contributed by atoms with Gasteiger partial charge in [0.2, 0.25) is 0 Å². The van der Waals surface area contributed by atoms with Gasteiger partial charge in [-0.3, -0.25) is 4.72 Å². The summed E-state index contributed by atoms with van der Waals surface area (Å²) in [7, 11) is -3.76. The predicted molar refractivity (Wildman–Crippen MR) is 98.8 cm³/mol. The van der Waals surface area contributed by atoms with E-state index >= 15 is 0 Å². The average molecular weight is 407 g/mol. The lowest BCUT2D eigenvalue weighted by Crippen LogP contribution is -2.12. The molecule has 1 aromatic heterocycles. The third-order valence-electron chi connectivity index (χ3n) is 3.27. The van der Waals surface area contributed by atoms with Crippen molar-refractivity contribution in [3.8, 4) is 0 Å². The Morgan fingerprint density at radius 2 is 1.65 bits per heavy atom. The molecular formula is C15H10Cl3NO2S2. The number of anilines is 1. The Morgan fingerprint density at radius 1 is 1.00 bits per heavy atom.